The number of hydrogen-bond acceptors (Lipinski definition) is 3. The normalized spacial score (nSPS) is 12.5. The van der Waals surface area contributed by atoms with Crippen LogP contribution in [0.5, 0.6) is 5.75 Å². The zero-order valence-electron chi connectivity index (χ0n) is 6.00. The van der Waals surface area contributed by atoms with Crippen LogP contribution >= 0.6 is 11.8 Å². The molecule has 0 aromatic heterocycles. The first kappa shape index (κ1) is 6.65. The van der Waals surface area contributed by atoms with Gasteiger partial charge in [-0.2, -0.15) is 0 Å². The lowest BCUT2D eigenvalue weighted by Gasteiger charge is -1.94. The first-order chi connectivity index (χ1) is 5.40. The average molecular weight is 164 g/mol. The van der Waals surface area contributed by atoms with Crippen molar-refractivity contribution in [3.63, 3.8) is 0 Å². The highest BCUT2D eigenvalue weighted by atomic mass is 32.2. The van der Waals surface area contributed by atoms with Gasteiger partial charge in [-0.05, 0) is 12.1 Å². The molecule has 11 heavy (non-hydrogen) atoms. The summed E-state index contributed by atoms with van der Waals surface area (Å²) in [6, 6.07) is 5.82. The fourth-order valence-corrected chi connectivity index (χ4v) is 1.51. The summed E-state index contributed by atoms with van der Waals surface area (Å²) in [6.45, 7) is 0. The van der Waals surface area contributed by atoms with Gasteiger partial charge in [0.1, 0.15) is 17.5 Å². The van der Waals surface area contributed by atoms with Crippen molar-refractivity contribution in [3.05, 3.63) is 18.2 Å². The molecule has 0 bridgehead atoms. The first-order valence-corrected chi connectivity index (χ1v) is 4.02. The molecule has 0 aliphatic carbocycles. The molecule has 0 fully saturated rings. The quantitative estimate of drug-likeness (QED) is 0.594. The van der Waals surface area contributed by atoms with Crippen molar-refractivity contribution in [2.75, 3.05) is 7.11 Å². The van der Waals surface area contributed by atoms with Crippen LogP contribution in [0.2, 0.25) is 0 Å². The monoisotopic (exact) mass is 164 g/mol. The van der Waals surface area contributed by atoms with Crippen molar-refractivity contribution in [2.45, 2.75) is 4.90 Å². The fourth-order valence-electron chi connectivity index (χ4n) is 0.919. The van der Waals surface area contributed by atoms with Crippen molar-refractivity contribution in [1.29, 1.82) is 0 Å². The number of ether oxygens (including phenoxy) is 1. The lowest BCUT2D eigenvalue weighted by Crippen LogP contribution is -1.80. The lowest BCUT2D eigenvalue weighted by molar-refractivity contribution is 0.414. The first-order valence-electron chi connectivity index (χ1n) is 3.21. The molecule has 1 aromatic carbocycles. The van der Waals surface area contributed by atoms with Crippen LogP contribution in [-0.4, -0.2) is 12.7 Å². The van der Waals surface area contributed by atoms with Crippen LogP contribution in [0.15, 0.2) is 28.1 Å². The lowest BCUT2D eigenvalue weighted by atomic mass is 10.3. The van der Waals surface area contributed by atoms with Crippen molar-refractivity contribution in [1.82, 2.24) is 0 Å². The maximum atomic E-state index is 5.04. The zero-order valence-corrected chi connectivity index (χ0v) is 6.81. The number of aliphatic imine (C=N–C) groups is 1. The molecule has 1 aliphatic heterocycles. The predicted octanol–water partition coefficient (Wildman–Crippen LogP) is 2.34. The maximum absolute atomic E-state index is 5.04. The van der Waals surface area contributed by atoms with E-state index in [1.165, 1.54) is 11.8 Å². The summed E-state index contributed by atoms with van der Waals surface area (Å²) in [5, 5.41) is 0. The Morgan fingerprint density at radius 3 is 3.27 bits per heavy atom. The second kappa shape index (κ2) is 2.53. The molecule has 54 valence electrons. The highest BCUT2D eigenvalue weighted by Gasteiger charge is 2.20. The standard InChI is InChI=1S/C8H6NOS/c1-10-6-2-3-8-7(4-6)9-5-11-8/h2-4H,1H3/q+1. The van der Waals surface area contributed by atoms with E-state index in [0.29, 0.717) is 0 Å². The molecule has 0 N–H and O–H groups in total. The van der Waals surface area contributed by atoms with E-state index in [-0.39, 0.29) is 0 Å². The van der Waals surface area contributed by atoms with E-state index in [1.807, 2.05) is 18.2 Å². The Hall–Kier alpha value is -1.05. The van der Waals surface area contributed by atoms with Crippen molar-refractivity contribution < 1.29 is 4.74 Å². The van der Waals surface area contributed by atoms with E-state index in [0.717, 1.165) is 16.3 Å². The topological polar surface area (TPSA) is 21.6 Å². The van der Waals surface area contributed by atoms with Crippen LogP contribution in [0.1, 0.15) is 0 Å². The Kier molecular flexibility index (Phi) is 1.53. The predicted molar refractivity (Wildman–Crippen MR) is 45.9 cm³/mol. The third kappa shape index (κ3) is 1.09. The summed E-state index contributed by atoms with van der Waals surface area (Å²) < 4.78 is 5.04. The minimum absolute atomic E-state index is 0.844. The molecular formula is C8H6NOS+. The molecule has 0 spiro atoms. The minimum atomic E-state index is 0.844. The number of rotatable bonds is 1. The average Bonchev–Trinajstić information content (AvgIpc) is 2.50. The Balaban J connectivity index is 2.47. The van der Waals surface area contributed by atoms with Crippen LogP contribution < -0.4 is 4.74 Å². The van der Waals surface area contributed by atoms with E-state index in [9.17, 15) is 0 Å². The molecule has 0 saturated carbocycles. The molecule has 2 nitrogen and oxygen atoms in total. The van der Waals surface area contributed by atoms with Gasteiger partial charge >= 0.3 is 0 Å². The van der Waals surface area contributed by atoms with Gasteiger partial charge in [-0.3, -0.25) is 0 Å². The highest BCUT2D eigenvalue weighted by Crippen LogP contribution is 2.36. The van der Waals surface area contributed by atoms with Gasteiger partial charge in [0.25, 0.3) is 5.55 Å². The van der Waals surface area contributed by atoms with Crippen LogP contribution in [-0.2, 0) is 0 Å². The summed E-state index contributed by atoms with van der Waals surface area (Å²) in [4.78, 5) is 5.19. The molecule has 1 aromatic rings. The molecule has 0 saturated heterocycles. The number of nitrogens with zero attached hydrogens (tertiary/aromatic N) is 1. The molecule has 0 unspecified atom stereocenters. The smallest absolute Gasteiger partial charge is 0.272 e. The molecule has 0 atom stereocenters. The SMILES string of the molecule is COc1ccc2c(c1)N=[C+]S2. The second-order valence-corrected chi connectivity index (χ2v) is 2.97. The van der Waals surface area contributed by atoms with E-state index < -0.39 is 0 Å². The van der Waals surface area contributed by atoms with Gasteiger partial charge in [-0.15, -0.1) is 0 Å². The molecule has 1 aliphatic rings. The minimum Gasteiger partial charge on any atom is -0.495 e. The van der Waals surface area contributed by atoms with Gasteiger partial charge in [0, 0.05) is 4.99 Å². The van der Waals surface area contributed by atoms with Crippen molar-refractivity contribution in [2.24, 2.45) is 4.99 Å². The number of hydrogen-bond donors (Lipinski definition) is 0. The summed E-state index contributed by atoms with van der Waals surface area (Å²) in [7, 11) is 1.65. The van der Waals surface area contributed by atoms with E-state index in [4.69, 9.17) is 4.74 Å². The Bertz CT molecular complexity index is 309. The highest BCUT2D eigenvalue weighted by molar-refractivity contribution is 8.12. The number of thioether (sulfide) groups is 1. The van der Waals surface area contributed by atoms with Gasteiger partial charge in [-0.25, -0.2) is 0 Å². The molecule has 0 radical (unpaired) electrons. The third-order valence-corrected chi connectivity index (χ3v) is 2.24. The molecule has 3 heteroatoms. The van der Waals surface area contributed by atoms with Crippen LogP contribution in [0.4, 0.5) is 5.69 Å². The van der Waals surface area contributed by atoms with E-state index in [1.54, 1.807) is 7.11 Å². The second-order valence-electron chi connectivity index (χ2n) is 2.14. The van der Waals surface area contributed by atoms with Gasteiger partial charge in [0.15, 0.2) is 4.90 Å². The van der Waals surface area contributed by atoms with E-state index >= 15 is 0 Å². The number of methoxy groups -OCH3 is 1. The van der Waals surface area contributed by atoms with Gasteiger partial charge in [0.2, 0.25) is 5.69 Å². The van der Waals surface area contributed by atoms with Crippen molar-refractivity contribution >= 4 is 23.0 Å². The third-order valence-electron chi connectivity index (χ3n) is 1.49. The molecule has 1 heterocycles. The maximum Gasteiger partial charge on any atom is 0.272 e. The Morgan fingerprint density at radius 1 is 1.55 bits per heavy atom. The number of fused-ring (bicyclic) bond motifs is 1. The summed E-state index contributed by atoms with van der Waals surface area (Å²) in [5.74, 6) is 0.844. The molecular weight excluding hydrogens is 158 g/mol. The van der Waals surface area contributed by atoms with Gasteiger partial charge in [0.05, 0.1) is 13.2 Å². The largest absolute Gasteiger partial charge is 0.495 e. The summed E-state index contributed by atoms with van der Waals surface area (Å²) in [6.07, 6.45) is 0. The van der Waals surface area contributed by atoms with Gasteiger partial charge in [-0.1, -0.05) is 0 Å². The van der Waals surface area contributed by atoms with Crippen LogP contribution in [0, 0.1) is 0 Å². The van der Waals surface area contributed by atoms with Gasteiger partial charge < -0.3 is 4.74 Å². The van der Waals surface area contributed by atoms with E-state index in [2.05, 4.69) is 10.5 Å². The molecule has 0 amide bonds. The number of benzene rings is 1. The van der Waals surface area contributed by atoms with Crippen LogP contribution in [0.25, 0.3) is 0 Å². The molecule has 2 rings (SSSR count). The fraction of sp³-hybridized carbons (Fsp3) is 0.125. The van der Waals surface area contributed by atoms with Crippen LogP contribution in [0.3, 0.4) is 0 Å². The zero-order chi connectivity index (χ0) is 7.68. The van der Waals surface area contributed by atoms with Crippen molar-refractivity contribution in [3.8, 4) is 5.75 Å². The Labute approximate surface area is 69.3 Å². The summed E-state index contributed by atoms with van der Waals surface area (Å²) >= 11 is 1.51. The summed E-state index contributed by atoms with van der Waals surface area (Å²) in [5.41, 5.74) is 3.78. The Morgan fingerprint density at radius 2 is 2.45 bits per heavy atom.